The minimum Gasteiger partial charge on any atom is -0.380 e. The molecule has 0 bridgehead atoms. The molecule has 0 aliphatic heterocycles. The molecule has 0 aliphatic rings. The molecule has 0 fully saturated rings. The minimum atomic E-state index is -0.894. The van der Waals surface area contributed by atoms with E-state index in [2.05, 4.69) is 13.5 Å². The lowest BCUT2D eigenvalue weighted by molar-refractivity contribution is 0.146. The van der Waals surface area contributed by atoms with Crippen LogP contribution in [0.3, 0.4) is 0 Å². The fourth-order valence-corrected chi connectivity index (χ4v) is 1.02. The van der Waals surface area contributed by atoms with Gasteiger partial charge in [0.15, 0.2) is 0 Å². The number of hydrogen-bond donors (Lipinski definition) is 0. The van der Waals surface area contributed by atoms with Gasteiger partial charge in [-0.25, -0.2) is 0 Å². The molecular weight excluding hydrogens is 160 g/mol. The minimum absolute atomic E-state index is 0.577. The third kappa shape index (κ3) is 7.75. The van der Waals surface area contributed by atoms with Gasteiger partial charge in [0.2, 0.25) is 0 Å². The Morgan fingerprint density at radius 3 is 2.82 bits per heavy atom. The first-order chi connectivity index (χ1) is 5.31. The normalized spacial score (nSPS) is 12.8. The van der Waals surface area contributed by atoms with Gasteiger partial charge < -0.3 is 4.74 Å². The summed E-state index contributed by atoms with van der Waals surface area (Å²) < 4.78 is 16.0. The molecule has 1 atom stereocenters. The second-order valence-corrected chi connectivity index (χ2v) is 3.72. The van der Waals surface area contributed by atoms with Crippen molar-refractivity contribution in [1.29, 1.82) is 0 Å². The molecule has 2 nitrogen and oxygen atoms in total. The first-order valence-corrected chi connectivity index (χ1v) is 5.27. The first kappa shape index (κ1) is 10.8. The lowest BCUT2D eigenvalue weighted by Gasteiger charge is -2.00. The zero-order valence-electron chi connectivity index (χ0n) is 7.04. The molecule has 0 rings (SSSR count). The molecule has 0 saturated carbocycles. The van der Waals surface area contributed by atoms with Crippen LogP contribution in [0.15, 0.2) is 12.0 Å². The van der Waals surface area contributed by atoms with Gasteiger partial charge in [0.25, 0.3) is 0 Å². The molecule has 0 amide bonds. The molecule has 66 valence electrons. The average molecular weight is 176 g/mol. The maximum atomic E-state index is 10.8. The number of rotatable bonds is 7. The topological polar surface area (TPSA) is 26.3 Å². The SMILES string of the molecule is C=CS(=O)CCOCCCC. The van der Waals surface area contributed by atoms with Crippen molar-refractivity contribution in [2.24, 2.45) is 0 Å². The Labute approximate surface area is 71.1 Å². The number of ether oxygens (including phenoxy) is 1. The van der Waals surface area contributed by atoms with Crippen molar-refractivity contribution in [2.75, 3.05) is 19.0 Å². The zero-order chi connectivity index (χ0) is 8.53. The molecule has 0 aromatic rings. The van der Waals surface area contributed by atoms with Crippen LogP contribution >= 0.6 is 0 Å². The summed E-state index contributed by atoms with van der Waals surface area (Å²) in [6.45, 7) is 6.90. The van der Waals surface area contributed by atoms with E-state index in [1.54, 1.807) is 0 Å². The fraction of sp³-hybridized carbons (Fsp3) is 0.750. The smallest absolute Gasteiger partial charge is 0.0584 e. The molecule has 0 radical (unpaired) electrons. The van der Waals surface area contributed by atoms with Crippen molar-refractivity contribution in [3.05, 3.63) is 12.0 Å². The second kappa shape index (κ2) is 7.95. The van der Waals surface area contributed by atoms with E-state index < -0.39 is 10.8 Å². The molecule has 0 aromatic carbocycles. The molecule has 0 aliphatic carbocycles. The van der Waals surface area contributed by atoms with Crippen LogP contribution in [-0.2, 0) is 15.5 Å². The van der Waals surface area contributed by atoms with E-state index in [0.29, 0.717) is 12.4 Å². The molecule has 0 spiro atoms. The van der Waals surface area contributed by atoms with Crippen LogP contribution in [0.5, 0.6) is 0 Å². The van der Waals surface area contributed by atoms with E-state index >= 15 is 0 Å². The van der Waals surface area contributed by atoms with Gasteiger partial charge in [-0.05, 0) is 11.8 Å². The standard InChI is InChI=1S/C8H16O2S/c1-3-5-6-10-7-8-11(9)4-2/h4H,2-3,5-8H2,1H3. The van der Waals surface area contributed by atoms with Gasteiger partial charge >= 0.3 is 0 Å². The third-order valence-corrected chi connectivity index (χ3v) is 2.20. The Hall–Kier alpha value is -0.150. The van der Waals surface area contributed by atoms with Crippen molar-refractivity contribution in [1.82, 2.24) is 0 Å². The molecule has 0 aromatic heterocycles. The largest absolute Gasteiger partial charge is 0.380 e. The summed E-state index contributed by atoms with van der Waals surface area (Å²) in [7, 11) is -0.894. The Bertz CT molecular complexity index is 123. The Balaban J connectivity index is 3.01. The van der Waals surface area contributed by atoms with Gasteiger partial charge in [0, 0.05) is 17.4 Å². The van der Waals surface area contributed by atoms with Crippen LogP contribution in [0.4, 0.5) is 0 Å². The van der Waals surface area contributed by atoms with Crippen LogP contribution in [0, 0.1) is 0 Å². The molecule has 11 heavy (non-hydrogen) atoms. The monoisotopic (exact) mass is 176 g/mol. The van der Waals surface area contributed by atoms with E-state index in [9.17, 15) is 4.21 Å². The van der Waals surface area contributed by atoms with E-state index in [1.165, 1.54) is 5.41 Å². The maximum absolute atomic E-state index is 10.8. The third-order valence-electron chi connectivity index (χ3n) is 1.26. The summed E-state index contributed by atoms with van der Waals surface area (Å²) in [6, 6.07) is 0. The summed E-state index contributed by atoms with van der Waals surface area (Å²) in [6.07, 6.45) is 2.23. The van der Waals surface area contributed by atoms with Crippen LogP contribution in [-0.4, -0.2) is 23.2 Å². The number of unbranched alkanes of at least 4 members (excludes halogenated alkanes) is 1. The number of hydrogen-bond acceptors (Lipinski definition) is 2. The van der Waals surface area contributed by atoms with Crippen LogP contribution in [0.1, 0.15) is 19.8 Å². The molecular formula is C8H16O2S. The lowest BCUT2D eigenvalue weighted by Crippen LogP contribution is -2.04. The summed E-state index contributed by atoms with van der Waals surface area (Å²) in [5.74, 6) is 0.577. The summed E-state index contributed by atoms with van der Waals surface area (Å²) >= 11 is 0. The lowest BCUT2D eigenvalue weighted by atomic mass is 10.4. The van der Waals surface area contributed by atoms with Gasteiger partial charge in [-0.15, -0.1) is 0 Å². The van der Waals surface area contributed by atoms with Crippen molar-refractivity contribution >= 4 is 10.8 Å². The summed E-state index contributed by atoms with van der Waals surface area (Å²) in [5.41, 5.74) is 0. The van der Waals surface area contributed by atoms with Gasteiger partial charge in [-0.2, -0.15) is 0 Å². The Morgan fingerprint density at radius 1 is 1.55 bits per heavy atom. The molecule has 0 heterocycles. The highest BCUT2D eigenvalue weighted by Crippen LogP contribution is 1.89. The van der Waals surface area contributed by atoms with E-state index in [0.717, 1.165) is 19.4 Å². The Morgan fingerprint density at radius 2 is 2.27 bits per heavy atom. The van der Waals surface area contributed by atoms with Crippen LogP contribution in [0.25, 0.3) is 0 Å². The predicted octanol–water partition coefficient (Wildman–Crippen LogP) is 1.70. The van der Waals surface area contributed by atoms with Crippen molar-refractivity contribution in [3.63, 3.8) is 0 Å². The average Bonchev–Trinajstić information content (AvgIpc) is 2.04. The van der Waals surface area contributed by atoms with Crippen LogP contribution in [0.2, 0.25) is 0 Å². The highest BCUT2D eigenvalue weighted by Gasteiger charge is 1.92. The molecule has 3 heteroatoms. The van der Waals surface area contributed by atoms with E-state index in [-0.39, 0.29) is 0 Å². The molecule has 0 saturated heterocycles. The van der Waals surface area contributed by atoms with Crippen molar-refractivity contribution in [3.8, 4) is 0 Å². The van der Waals surface area contributed by atoms with Crippen LogP contribution < -0.4 is 0 Å². The van der Waals surface area contributed by atoms with Crippen molar-refractivity contribution in [2.45, 2.75) is 19.8 Å². The maximum Gasteiger partial charge on any atom is 0.0584 e. The van der Waals surface area contributed by atoms with Gasteiger partial charge in [-0.1, -0.05) is 19.9 Å². The van der Waals surface area contributed by atoms with Gasteiger partial charge in [-0.3, -0.25) is 4.21 Å². The van der Waals surface area contributed by atoms with Crippen molar-refractivity contribution < 1.29 is 8.95 Å². The fourth-order valence-electron chi connectivity index (χ4n) is 0.573. The van der Waals surface area contributed by atoms with Gasteiger partial charge in [0.05, 0.1) is 12.4 Å². The quantitative estimate of drug-likeness (QED) is 0.552. The van der Waals surface area contributed by atoms with E-state index in [1.807, 2.05) is 0 Å². The Kier molecular flexibility index (Phi) is 7.84. The highest BCUT2D eigenvalue weighted by atomic mass is 32.2. The summed E-state index contributed by atoms with van der Waals surface area (Å²) in [4.78, 5) is 0. The molecule has 0 N–H and O–H groups in total. The first-order valence-electron chi connectivity index (χ1n) is 3.88. The molecule has 1 unspecified atom stereocenters. The van der Waals surface area contributed by atoms with E-state index in [4.69, 9.17) is 4.74 Å². The van der Waals surface area contributed by atoms with Gasteiger partial charge in [0.1, 0.15) is 0 Å². The highest BCUT2D eigenvalue weighted by molar-refractivity contribution is 7.87. The zero-order valence-corrected chi connectivity index (χ0v) is 7.86. The summed E-state index contributed by atoms with van der Waals surface area (Å²) in [5, 5.41) is 1.45. The predicted molar refractivity (Wildman–Crippen MR) is 48.9 cm³/mol. The second-order valence-electron chi connectivity index (χ2n) is 2.22.